The zero-order chi connectivity index (χ0) is 34.9. The lowest BCUT2D eigenvalue weighted by Gasteiger charge is -2.10. The van der Waals surface area contributed by atoms with Crippen LogP contribution in [0.5, 0.6) is 0 Å². The summed E-state index contributed by atoms with van der Waals surface area (Å²) in [6.07, 6.45) is 0. The van der Waals surface area contributed by atoms with Crippen LogP contribution in [0.1, 0.15) is 0 Å². The third kappa shape index (κ3) is 4.79. The van der Waals surface area contributed by atoms with Gasteiger partial charge in [-0.05, 0) is 60.7 Å². The number of thiophene rings is 1. The number of furan rings is 1. The molecule has 0 spiro atoms. The zero-order valence-corrected chi connectivity index (χ0v) is 29.0. The molecule has 0 aliphatic heterocycles. The van der Waals surface area contributed by atoms with Gasteiger partial charge in [0.05, 0.1) is 22.2 Å². The van der Waals surface area contributed by atoms with Crippen LogP contribution >= 0.6 is 11.3 Å². The number of fused-ring (bicyclic) bond motifs is 7. The molecule has 0 aliphatic rings. The molecule has 248 valence electrons. The van der Waals surface area contributed by atoms with Gasteiger partial charge in [0, 0.05) is 47.8 Å². The monoisotopic (exact) mass is 697 g/mol. The Morgan fingerprint density at radius 3 is 1.89 bits per heavy atom. The lowest BCUT2D eigenvalue weighted by atomic mass is 10.1. The number of aromatic nitrogens is 5. The Hall–Kier alpha value is -6.96. The minimum atomic E-state index is 0.548. The molecule has 0 unspecified atom stereocenters. The molecule has 0 radical (unpaired) electrons. The van der Waals surface area contributed by atoms with Crippen LogP contribution in [0.2, 0.25) is 0 Å². The largest absolute Gasteiger partial charge is 0.455 e. The normalized spacial score (nSPS) is 11.8. The number of hydrogen-bond acceptors (Lipinski definition) is 6. The van der Waals surface area contributed by atoms with Crippen molar-refractivity contribution in [2.24, 2.45) is 0 Å². The van der Waals surface area contributed by atoms with Crippen LogP contribution in [0, 0.1) is 0 Å². The van der Waals surface area contributed by atoms with Crippen molar-refractivity contribution >= 4 is 64.5 Å². The van der Waals surface area contributed by atoms with Crippen LogP contribution in [0.3, 0.4) is 0 Å². The summed E-state index contributed by atoms with van der Waals surface area (Å²) < 4.78 is 11.6. The maximum Gasteiger partial charge on any atom is 0.167 e. The quantitative estimate of drug-likeness (QED) is 0.179. The molecule has 0 aliphatic carbocycles. The van der Waals surface area contributed by atoms with Gasteiger partial charge in [0.25, 0.3) is 0 Å². The van der Waals surface area contributed by atoms with Crippen molar-refractivity contribution in [1.82, 2.24) is 24.5 Å². The first kappa shape index (κ1) is 29.7. The molecule has 6 nitrogen and oxygen atoms in total. The van der Waals surface area contributed by atoms with E-state index in [9.17, 15) is 0 Å². The summed E-state index contributed by atoms with van der Waals surface area (Å²) in [5, 5.41) is 4.41. The van der Waals surface area contributed by atoms with E-state index >= 15 is 0 Å². The molecule has 4 aromatic heterocycles. The number of para-hydroxylation sites is 5. The first-order chi connectivity index (χ1) is 26.3. The highest BCUT2D eigenvalue weighted by Gasteiger charge is 2.22. The molecular weight excluding hydrogens is 671 g/mol. The van der Waals surface area contributed by atoms with Gasteiger partial charge in [0.1, 0.15) is 17.0 Å². The molecule has 0 fully saturated rings. The average Bonchev–Trinajstić information content (AvgIpc) is 3.92. The molecule has 0 amide bonds. The van der Waals surface area contributed by atoms with Crippen LogP contribution in [0.25, 0.3) is 104 Å². The lowest BCUT2D eigenvalue weighted by molar-refractivity contribution is 0.670. The van der Waals surface area contributed by atoms with Crippen molar-refractivity contribution in [3.63, 3.8) is 0 Å². The van der Waals surface area contributed by atoms with Gasteiger partial charge >= 0.3 is 0 Å². The Labute approximate surface area is 307 Å². The number of imidazole rings is 1. The van der Waals surface area contributed by atoms with E-state index in [2.05, 4.69) is 114 Å². The fourth-order valence-electron chi connectivity index (χ4n) is 7.42. The van der Waals surface area contributed by atoms with E-state index in [1.165, 1.54) is 20.2 Å². The van der Waals surface area contributed by atoms with Gasteiger partial charge < -0.3 is 4.42 Å². The smallest absolute Gasteiger partial charge is 0.167 e. The first-order valence-corrected chi connectivity index (χ1v) is 18.3. The Morgan fingerprint density at radius 1 is 0.434 bits per heavy atom. The summed E-state index contributed by atoms with van der Waals surface area (Å²) in [6, 6.07) is 56.1. The summed E-state index contributed by atoms with van der Waals surface area (Å²) in [6.45, 7) is 0. The molecule has 0 saturated heterocycles. The van der Waals surface area contributed by atoms with Gasteiger partial charge in [-0.1, -0.05) is 103 Å². The molecule has 0 bridgehead atoms. The van der Waals surface area contributed by atoms with Gasteiger partial charge in [0.2, 0.25) is 0 Å². The number of benzene rings is 7. The molecule has 7 heteroatoms. The highest BCUT2D eigenvalue weighted by Crippen LogP contribution is 2.41. The van der Waals surface area contributed by atoms with Crippen LogP contribution in [-0.4, -0.2) is 24.5 Å². The number of hydrogen-bond donors (Lipinski definition) is 0. The second-order valence-electron chi connectivity index (χ2n) is 13.0. The van der Waals surface area contributed by atoms with E-state index < -0.39 is 0 Å². The molecule has 0 atom stereocenters. The van der Waals surface area contributed by atoms with Gasteiger partial charge in [-0.25, -0.2) is 19.9 Å². The molecule has 53 heavy (non-hydrogen) atoms. The van der Waals surface area contributed by atoms with Gasteiger partial charge in [0.15, 0.2) is 17.5 Å². The SMILES string of the molecule is c1ccc(-c2nc(-c3ccc4sc5ccccc5c4c3)nc(-c3cccc4c3oc3c(-c5nc6ccccc6n5-c5ccccc5)cccc34)n2)cc1. The van der Waals surface area contributed by atoms with Gasteiger partial charge in [-0.2, -0.15) is 0 Å². The minimum Gasteiger partial charge on any atom is -0.455 e. The second-order valence-corrected chi connectivity index (χ2v) is 14.1. The van der Waals surface area contributed by atoms with Gasteiger partial charge in [-0.15, -0.1) is 11.3 Å². The van der Waals surface area contributed by atoms with E-state index in [0.29, 0.717) is 23.1 Å². The van der Waals surface area contributed by atoms with Crippen LogP contribution in [0.15, 0.2) is 168 Å². The van der Waals surface area contributed by atoms with E-state index in [-0.39, 0.29) is 0 Å². The van der Waals surface area contributed by atoms with Gasteiger partial charge in [-0.3, -0.25) is 4.57 Å². The third-order valence-corrected chi connectivity index (χ3v) is 11.0. The van der Waals surface area contributed by atoms with Crippen molar-refractivity contribution in [1.29, 1.82) is 0 Å². The molecule has 0 N–H and O–H groups in total. The summed E-state index contributed by atoms with van der Waals surface area (Å²) >= 11 is 1.80. The second kappa shape index (κ2) is 11.8. The van der Waals surface area contributed by atoms with Crippen molar-refractivity contribution < 1.29 is 4.42 Å². The summed E-state index contributed by atoms with van der Waals surface area (Å²) in [5.74, 6) is 2.57. The standard InChI is InChI=1S/C46H27N5OS/c1-3-13-28(14-4-1)43-48-44(29-25-26-40-36(27-29)31-17-7-10-24-39(31)53-40)50-45(49-43)34-20-11-18-32-33-19-12-21-35(42(33)52-41(32)34)46-47-37-22-8-9-23-38(37)51(46)30-15-5-2-6-16-30/h1-27H. The van der Waals surface area contributed by atoms with Crippen molar-refractivity contribution in [2.75, 3.05) is 0 Å². The molecule has 11 rings (SSSR count). The molecular formula is C46H27N5OS. The number of nitrogens with zero attached hydrogens (tertiary/aromatic N) is 5. The average molecular weight is 698 g/mol. The predicted octanol–water partition coefficient (Wildman–Crippen LogP) is 12.1. The maximum atomic E-state index is 6.94. The fraction of sp³-hybridized carbons (Fsp3) is 0. The Kier molecular flexibility index (Phi) is 6.62. The summed E-state index contributed by atoms with van der Waals surface area (Å²) in [4.78, 5) is 20.5. The summed E-state index contributed by atoms with van der Waals surface area (Å²) in [5.41, 5.74) is 8.00. The Balaban J connectivity index is 1.14. The highest BCUT2D eigenvalue weighted by atomic mass is 32.1. The van der Waals surface area contributed by atoms with Crippen LogP contribution in [0.4, 0.5) is 0 Å². The minimum absolute atomic E-state index is 0.548. The van der Waals surface area contributed by atoms with E-state index in [1.54, 1.807) is 11.3 Å². The first-order valence-electron chi connectivity index (χ1n) is 17.5. The van der Waals surface area contributed by atoms with Crippen LogP contribution < -0.4 is 0 Å². The zero-order valence-electron chi connectivity index (χ0n) is 28.1. The highest BCUT2D eigenvalue weighted by molar-refractivity contribution is 7.25. The molecule has 11 aromatic rings. The topological polar surface area (TPSA) is 69.6 Å². The molecule has 0 saturated carbocycles. The van der Waals surface area contributed by atoms with E-state index in [0.717, 1.165) is 61.2 Å². The number of rotatable bonds is 5. The predicted molar refractivity (Wildman–Crippen MR) is 216 cm³/mol. The van der Waals surface area contributed by atoms with E-state index in [1.807, 2.05) is 54.6 Å². The van der Waals surface area contributed by atoms with Crippen molar-refractivity contribution in [2.45, 2.75) is 0 Å². The molecule has 7 aromatic carbocycles. The Morgan fingerprint density at radius 2 is 1.06 bits per heavy atom. The van der Waals surface area contributed by atoms with Crippen molar-refractivity contribution in [3.05, 3.63) is 164 Å². The lowest BCUT2D eigenvalue weighted by Crippen LogP contribution is -2.00. The molecule has 4 heterocycles. The Bertz CT molecular complexity index is 3180. The maximum absolute atomic E-state index is 6.94. The van der Waals surface area contributed by atoms with E-state index in [4.69, 9.17) is 24.4 Å². The fourth-order valence-corrected chi connectivity index (χ4v) is 8.51. The summed E-state index contributed by atoms with van der Waals surface area (Å²) in [7, 11) is 0. The van der Waals surface area contributed by atoms with Crippen LogP contribution in [-0.2, 0) is 0 Å². The van der Waals surface area contributed by atoms with Crippen molar-refractivity contribution in [3.8, 4) is 51.2 Å². The third-order valence-electron chi connectivity index (χ3n) is 9.88.